The number of ketones is 1. The first-order chi connectivity index (χ1) is 4.77. The number of rotatable bonds is 6. The summed E-state index contributed by atoms with van der Waals surface area (Å²) in [5.41, 5.74) is 0. The van der Waals surface area contributed by atoms with E-state index in [0.29, 0.717) is 19.8 Å². The second kappa shape index (κ2) is 17.6. The quantitative estimate of drug-likeness (QED) is 0.609. The third-order valence-corrected chi connectivity index (χ3v) is 0.881. The third kappa shape index (κ3) is 24.5. The van der Waals surface area contributed by atoms with Crippen molar-refractivity contribution in [1.29, 1.82) is 0 Å². The first-order valence-electron chi connectivity index (χ1n) is 3.42. The highest BCUT2D eigenvalue weighted by molar-refractivity contribution is 5.76. The van der Waals surface area contributed by atoms with E-state index in [1.165, 1.54) is 6.92 Å². The van der Waals surface area contributed by atoms with E-state index in [0.717, 1.165) is 0 Å². The first-order valence-corrected chi connectivity index (χ1v) is 3.42. The smallest absolute Gasteiger partial charge is 0.155 e. The molecule has 0 aliphatic heterocycles. The Balaban J connectivity index is -0.000000135. The van der Waals surface area contributed by atoms with Crippen molar-refractivity contribution in [2.75, 3.05) is 26.4 Å². The predicted molar refractivity (Wildman–Crippen MR) is 58.2 cm³/mol. The van der Waals surface area contributed by atoms with Crippen LogP contribution in [0.5, 0.6) is 0 Å². The predicted octanol–water partition coefficient (Wildman–Crippen LogP) is 2.54. The van der Waals surface area contributed by atoms with Crippen molar-refractivity contribution in [3.05, 3.63) is 0 Å². The molecule has 0 radical (unpaired) electrons. The lowest BCUT2D eigenvalue weighted by Crippen LogP contribution is -2.09. The molecule has 0 aliphatic rings. The summed E-state index contributed by atoms with van der Waals surface area (Å²) in [4.78, 5) is 10.3. The molecule has 0 unspecified atom stereocenters. The summed E-state index contributed by atoms with van der Waals surface area (Å²) in [5.74, 6) is 0.0523. The van der Waals surface area contributed by atoms with E-state index in [9.17, 15) is 4.79 Å². The molecule has 3 heteroatoms. The molecule has 0 aliphatic carbocycles. The number of carbonyl (C=O) groups is 1. The Morgan fingerprint density at radius 2 is 1.54 bits per heavy atom. The van der Waals surface area contributed by atoms with Crippen molar-refractivity contribution in [1.82, 2.24) is 0 Å². The van der Waals surface area contributed by atoms with Gasteiger partial charge in [0.15, 0.2) is 5.78 Å². The fourth-order valence-corrected chi connectivity index (χ4v) is 0.478. The molecule has 0 saturated heterocycles. The summed E-state index contributed by atoms with van der Waals surface area (Å²) in [6.45, 7) is 5.40. The highest BCUT2D eigenvalue weighted by Gasteiger charge is 1.91. The maximum Gasteiger partial charge on any atom is 0.155 e. The molecule has 0 atom stereocenters. The van der Waals surface area contributed by atoms with Gasteiger partial charge in [0, 0.05) is 6.61 Å². The van der Waals surface area contributed by atoms with E-state index in [-0.39, 0.29) is 34.7 Å². The summed E-state index contributed by atoms with van der Waals surface area (Å²) >= 11 is 0. The minimum Gasteiger partial charge on any atom is -0.379 e. The SMILES string of the molecule is C.C.C.CCOCCOCC(C)=O. The van der Waals surface area contributed by atoms with Crippen LogP contribution in [0.4, 0.5) is 0 Å². The normalized spacial score (nSPS) is 7.54. The summed E-state index contributed by atoms with van der Waals surface area (Å²) in [6.07, 6.45) is 0. The van der Waals surface area contributed by atoms with Gasteiger partial charge in [-0.05, 0) is 13.8 Å². The number of hydrogen-bond donors (Lipinski definition) is 0. The van der Waals surface area contributed by atoms with Gasteiger partial charge in [-0.2, -0.15) is 0 Å². The maximum atomic E-state index is 10.3. The lowest BCUT2D eigenvalue weighted by atomic mass is 10.5. The van der Waals surface area contributed by atoms with E-state index in [1.807, 2.05) is 6.92 Å². The number of carbonyl (C=O) groups excluding carboxylic acids is 1. The molecular formula is C10H26O3. The van der Waals surface area contributed by atoms with Crippen LogP contribution in [0.3, 0.4) is 0 Å². The first kappa shape index (κ1) is 22.9. The zero-order valence-corrected chi connectivity index (χ0v) is 6.55. The molecule has 0 spiro atoms. The zero-order valence-electron chi connectivity index (χ0n) is 6.55. The molecule has 0 amide bonds. The molecule has 84 valence electrons. The van der Waals surface area contributed by atoms with Crippen LogP contribution in [0.2, 0.25) is 0 Å². The van der Waals surface area contributed by atoms with Crippen molar-refractivity contribution in [2.45, 2.75) is 36.1 Å². The zero-order chi connectivity index (χ0) is 7.82. The molecule has 13 heavy (non-hydrogen) atoms. The second-order valence-corrected chi connectivity index (χ2v) is 1.95. The molecule has 0 heterocycles. The summed E-state index contributed by atoms with van der Waals surface area (Å²) in [7, 11) is 0. The Morgan fingerprint density at radius 3 is 1.92 bits per heavy atom. The molecule has 0 aromatic heterocycles. The van der Waals surface area contributed by atoms with E-state index >= 15 is 0 Å². The summed E-state index contributed by atoms with van der Waals surface area (Å²) < 4.78 is 9.90. The number of ether oxygens (including phenoxy) is 2. The van der Waals surface area contributed by atoms with Crippen LogP contribution in [0.1, 0.15) is 36.1 Å². The Hall–Kier alpha value is -0.410. The van der Waals surface area contributed by atoms with Crippen molar-refractivity contribution in [3.8, 4) is 0 Å². The Labute approximate surface area is 83.4 Å². The van der Waals surface area contributed by atoms with E-state index in [4.69, 9.17) is 9.47 Å². The second-order valence-electron chi connectivity index (χ2n) is 1.95. The van der Waals surface area contributed by atoms with E-state index in [1.54, 1.807) is 0 Å². The van der Waals surface area contributed by atoms with Gasteiger partial charge in [-0.3, -0.25) is 4.79 Å². The standard InChI is InChI=1S/C7H14O3.3CH4/c1-3-9-4-5-10-6-7(2)8;;;/h3-6H2,1-2H3;3*1H4. The molecule has 0 N–H and O–H groups in total. The lowest BCUT2D eigenvalue weighted by molar-refractivity contribution is -0.121. The Bertz CT molecular complexity index is 92.2. The van der Waals surface area contributed by atoms with Crippen LogP contribution in [-0.4, -0.2) is 32.2 Å². The van der Waals surface area contributed by atoms with Crippen LogP contribution < -0.4 is 0 Å². The molecule has 0 bridgehead atoms. The minimum atomic E-state index is 0. The molecule has 0 saturated carbocycles. The topological polar surface area (TPSA) is 35.5 Å². The number of hydrogen-bond acceptors (Lipinski definition) is 3. The minimum absolute atomic E-state index is 0. The summed E-state index contributed by atoms with van der Waals surface area (Å²) in [5, 5.41) is 0. The van der Waals surface area contributed by atoms with Crippen molar-refractivity contribution in [2.24, 2.45) is 0 Å². The molecule has 0 aromatic carbocycles. The fourth-order valence-electron chi connectivity index (χ4n) is 0.478. The van der Waals surface area contributed by atoms with Crippen LogP contribution >= 0.6 is 0 Å². The van der Waals surface area contributed by atoms with Gasteiger partial charge in [0.05, 0.1) is 13.2 Å². The molecule has 0 rings (SSSR count). The van der Waals surface area contributed by atoms with Crippen LogP contribution in [0, 0.1) is 0 Å². The van der Waals surface area contributed by atoms with Gasteiger partial charge < -0.3 is 9.47 Å². The van der Waals surface area contributed by atoms with Crippen LogP contribution in [0.15, 0.2) is 0 Å². The van der Waals surface area contributed by atoms with Gasteiger partial charge in [0.25, 0.3) is 0 Å². The molecule has 0 fully saturated rings. The summed E-state index contributed by atoms with van der Waals surface area (Å²) in [6, 6.07) is 0. The monoisotopic (exact) mass is 194 g/mol. The molecule has 3 nitrogen and oxygen atoms in total. The van der Waals surface area contributed by atoms with Gasteiger partial charge in [0.2, 0.25) is 0 Å². The highest BCUT2D eigenvalue weighted by Crippen LogP contribution is 1.78. The average Bonchev–Trinajstić information content (AvgIpc) is 1.87. The average molecular weight is 194 g/mol. The lowest BCUT2D eigenvalue weighted by Gasteiger charge is -2.00. The molecular weight excluding hydrogens is 168 g/mol. The Morgan fingerprint density at radius 1 is 1.08 bits per heavy atom. The maximum absolute atomic E-state index is 10.3. The van der Waals surface area contributed by atoms with Crippen molar-refractivity contribution >= 4 is 5.78 Å². The van der Waals surface area contributed by atoms with Crippen molar-refractivity contribution in [3.63, 3.8) is 0 Å². The van der Waals surface area contributed by atoms with Crippen LogP contribution in [0.25, 0.3) is 0 Å². The van der Waals surface area contributed by atoms with Gasteiger partial charge in [-0.15, -0.1) is 0 Å². The van der Waals surface area contributed by atoms with Gasteiger partial charge >= 0.3 is 0 Å². The Kier molecular flexibility index (Phi) is 31.1. The van der Waals surface area contributed by atoms with Gasteiger partial charge in [-0.1, -0.05) is 22.3 Å². The van der Waals surface area contributed by atoms with E-state index in [2.05, 4.69) is 0 Å². The van der Waals surface area contributed by atoms with Crippen molar-refractivity contribution < 1.29 is 14.3 Å². The van der Waals surface area contributed by atoms with Crippen LogP contribution in [-0.2, 0) is 14.3 Å². The number of Topliss-reactive ketones (excluding diaryl/α,β-unsaturated/α-hetero) is 1. The highest BCUT2D eigenvalue weighted by atomic mass is 16.5. The third-order valence-electron chi connectivity index (χ3n) is 0.881. The largest absolute Gasteiger partial charge is 0.379 e. The van der Waals surface area contributed by atoms with E-state index < -0.39 is 0 Å². The van der Waals surface area contributed by atoms with Gasteiger partial charge in [-0.25, -0.2) is 0 Å². The fraction of sp³-hybridized carbons (Fsp3) is 0.900. The molecule has 0 aromatic rings. The van der Waals surface area contributed by atoms with Gasteiger partial charge in [0.1, 0.15) is 6.61 Å².